The van der Waals surface area contributed by atoms with E-state index in [-0.39, 0.29) is 67.2 Å². The molecule has 644 valence electrons. The molecule has 122 heavy (non-hydrogen) atoms. The molecule has 2 aliphatic carbocycles. The summed E-state index contributed by atoms with van der Waals surface area (Å²) in [7, 11) is -1.27. The van der Waals surface area contributed by atoms with Crippen molar-refractivity contribution in [1.82, 2.24) is 34.7 Å². The number of carboxylic acid groups (broad SMARTS) is 1. The molecule has 34 heteroatoms. The molecule has 29 nitrogen and oxygen atoms in total. The van der Waals surface area contributed by atoms with Gasteiger partial charge in [-0.25, -0.2) is 9.59 Å². The Hall–Kier alpha value is -10.3. The molecule has 8 aromatic carbocycles. The number of hydrogen-bond acceptors (Lipinski definition) is 26. The topological polar surface area (TPSA) is 375 Å². The van der Waals surface area contributed by atoms with E-state index in [1.165, 1.54) is 19.0 Å². The highest BCUT2D eigenvalue weighted by atomic mass is 16.5. The maximum Gasteiger partial charge on any atom is 0.377 e. The standard InChI is InChI=1S/2C24H29BN2O5.C17H20BNO4.C16H18BNO4.C7H14BNO4/c2*1-4-17-14-24(17,23(29)31-5-2)26-22(28)20-13-18(15-27(20)25(3)30)32-21-12-8-10-16-9-6-7-11-19(16)21;1-18(21)19-11-13(10-15(19)17(20)22-2)23-16-9-5-7-12-6-3-4-8-14(12)16;1-17(21)18-10-12(9-14(18)16(19)20)22-15-8-4-6-11-5-2-3-7-13(11)15;1-8(12)9-4-5(10)3-6(9)7(11)13-2/h2*4,6-12,17-18,20,30H,1,5,13-15H2,2-3H3,(H,26,28);3-9,13,15,21H,10-11H2,1-2H3;2-8,12,14,21H,9-10H2,1H3,(H,19,20);5-6,10,12H,3-4H2,1-2H3/t17-,18+,20-,24-;17-,18-,20+,24-;13-,15+;12-,14+;5-,6-/m01110/s1. The number of aliphatic hydroxyl groups excluding tert-OH is 1. The molecule has 2 amide bonds. The van der Waals surface area contributed by atoms with Crippen LogP contribution in [0.3, 0.4) is 0 Å². The molecule has 5 heterocycles. The number of nitrogens with zero attached hydrogens (tertiary/aromatic N) is 5. The van der Waals surface area contributed by atoms with Crippen molar-refractivity contribution in [3.63, 3.8) is 0 Å². The first kappa shape index (κ1) is 92.4. The zero-order chi connectivity index (χ0) is 87.9. The molecule has 9 N–H and O–H groups in total. The Bertz CT molecular complexity index is 4810. The van der Waals surface area contributed by atoms with Gasteiger partial charge in [0, 0.05) is 91.8 Å². The second-order valence-corrected chi connectivity index (χ2v) is 31.8. The highest BCUT2D eigenvalue weighted by Crippen LogP contribution is 2.47. The van der Waals surface area contributed by atoms with E-state index in [4.69, 9.17) is 33.2 Å². The fourth-order valence-electron chi connectivity index (χ4n) is 17.1. The van der Waals surface area contributed by atoms with Crippen LogP contribution in [0.1, 0.15) is 58.8 Å². The molecule has 8 aromatic rings. The van der Waals surface area contributed by atoms with E-state index in [1.807, 2.05) is 170 Å². The molecule has 0 aromatic heterocycles. The number of amides is 2. The van der Waals surface area contributed by atoms with Crippen molar-refractivity contribution < 1.29 is 107 Å². The summed E-state index contributed by atoms with van der Waals surface area (Å²) < 4.78 is 44.5. The second-order valence-electron chi connectivity index (χ2n) is 31.8. The smallest absolute Gasteiger partial charge is 0.377 e. The first-order chi connectivity index (χ1) is 58.5. The molecule has 0 spiro atoms. The zero-order valence-electron chi connectivity index (χ0n) is 70.4. The van der Waals surface area contributed by atoms with E-state index in [0.717, 1.165) is 66.1 Å². The van der Waals surface area contributed by atoms with Gasteiger partial charge in [-0.1, -0.05) is 158 Å². The van der Waals surface area contributed by atoms with E-state index in [9.17, 15) is 68.9 Å². The number of benzene rings is 8. The molecule has 0 bridgehead atoms. The normalized spacial score (nSPS) is 25.2. The molecule has 5 aliphatic heterocycles. The fourth-order valence-corrected chi connectivity index (χ4v) is 17.1. The van der Waals surface area contributed by atoms with Gasteiger partial charge >= 0.3 is 65.1 Å². The Labute approximate surface area is 712 Å². The molecule has 0 radical (unpaired) electrons. The van der Waals surface area contributed by atoms with Gasteiger partial charge in [0.15, 0.2) is 0 Å². The monoisotopic (exact) mass is 1670 g/mol. The summed E-state index contributed by atoms with van der Waals surface area (Å²) in [5.41, 5.74) is -2.12. The summed E-state index contributed by atoms with van der Waals surface area (Å²) in [6, 6.07) is 52.4. The van der Waals surface area contributed by atoms with Crippen LogP contribution in [-0.4, -0.2) is 268 Å². The maximum atomic E-state index is 13.2. The first-order valence-electron chi connectivity index (χ1n) is 41.6. The third-order valence-corrected chi connectivity index (χ3v) is 23.5. The van der Waals surface area contributed by atoms with E-state index in [0.29, 0.717) is 77.7 Å². The third-order valence-electron chi connectivity index (χ3n) is 23.5. The summed E-state index contributed by atoms with van der Waals surface area (Å²) in [5.74, 6) is -0.454. The predicted molar refractivity (Wildman–Crippen MR) is 467 cm³/mol. The summed E-state index contributed by atoms with van der Waals surface area (Å²) >= 11 is 0. The number of rotatable bonds is 26. The average Bonchev–Trinajstić information content (AvgIpc) is 1.58. The Morgan fingerprint density at radius 2 is 0.664 bits per heavy atom. The lowest BCUT2D eigenvalue weighted by molar-refractivity contribution is -0.149. The molecule has 7 fully saturated rings. The molecular weight excluding hydrogens is 1560 g/mol. The zero-order valence-corrected chi connectivity index (χ0v) is 70.4. The van der Waals surface area contributed by atoms with Crippen molar-refractivity contribution in [2.45, 2.75) is 165 Å². The van der Waals surface area contributed by atoms with Gasteiger partial charge < -0.3 is 108 Å². The number of aliphatic carboxylic acids is 1. The van der Waals surface area contributed by atoms with Crippen LogP contribution in [0.25, 0.3) is 43.1 Å². The van der Waals surface area contributed by atoms with E-state index in [1.54, 1.807) is 79.4 Å². The summed E-state index contributed by atoms with van der Waals surface area (Å²) in [4.78, 5) is 94.1. The lowest BCUT2D eigenvalue weighted by Crippen LogP contribution is -2.54. The van der Waals surface area contributed by atoms with Gasteiger partial charge in [-0.3, -0.25) is 24.0 Å². The van der Waals surface area contributed by atoms with Crippen molar-refractivity contribution in [2.75, 3.05) is 60.2 Å². The number of β-amino-alcohol motifs (C(OH)–C–C–N with tert-alkyl or cyclic N) is 1. The van der Waals surface area contributed by atoms with Gasteiger partial charge in [-0.15, -0.1) is 13.2 Å². The molecule has 0 unspecified atom stereocenters. The van der Waals surface area contributed by atoms with Gasteiger partial charge in [0.1, 0.15) is 76.6 Å². The van der Waals surface area contributed by atoms with Crippen molar-refractivity contribution in [1.29, 1.82) is 0 Å². The largest absolute Gasteiger partial charge is 0.488 e. The lowest BCUT2D eigenvalue weighted by atomic mass is 9.84. The number of fused-ring (bicyclic) bond motifs is 4. The number of methoxy groups -OCH3 is 2. The number of nitrogens with one attached hydrogen (secondary N) is 2. The average molecular weight is 1670 g/mol. The predicted octanol–water partition coefficient (Wildman–Crippen LogP) is 7.30. The fraction of sp³-hybridized carbons (Fsp3) is 0.420. The van der Waals surface area contributed by atoms with Crippen LogP contribution in [0.4, 0.5) is 0 Å². The van der Waals surface area contributed by atoms with Gasteiger partial charge in [0.2, 0.25) is 11.8 Å². The van der Waals surface area contributed by atoms with Crippen molar-refractivity contribution in [3.05, 3.63) is 195 Å². The van der Waals surface area contributed by atoms with E-state index < -0.39 is 107 Å². The van der Waals surface area contributed by atoms with Crippen molar-refractivity contribution >= 4 is 120 Å². The van der Waals surface area contributed by atoms with Crippen LogP contribution >= 0.6 is 0 Å². The molecular formula is C88H110B5N7O22. The summed E-state index contributed by atoms with van der Waals surface area (Å²) in [5, 5.41) is 82.3. The Morgan fingerprint density at radius 3 is 0.934 bits per heavy atom. The number of carbonyl (C=O) groups excluding carboxylic acids is 6. The van der Waals surface area contributed by atoms with Gasteiger partial charge in [0.05, 0.1) is 45.6 Å². The third kappa shape index (κ3) is 21.8. The van der Waals surface area contributed by atoms with E-state index in [2.05, 4.69) is 28.5 Å². The minimum absolute atomic E-state index is 0.158. The number of aliphatic hydroxyl groups is 1. The molecule has 7 aliphatic rings. The molecule has 14 atom stereocenters. The molecule has 2 saturated carbocycles. The lowest BCUT2D eigenvalue weighted by Gasteiger charge is -2.26. The number of hydrogen-bond donors (Lipinski definition) is 9. The number of ether oxygens (including phenoxy) is 8. The summed E-state index contributed by atoms with van der Waals surface area (Å²) in [6.45, 7) is 21.5. The SMILES string of the molecule is C=C[C@@H]1C[C@]1(NC(=O)[C@@H]1C[C@@H](Oc2cccc3ccccc23)CN1B(C)O)C(=O)OCC.C=C[C@H]1C[C@@]1(NC(=O)[C@@H]1C[C@@H](Oc2cccc3ccccc23)CN1B(C)O)C(=O)OCC.CB(O)N1C[C@H](Oc2cccc3ccccc23)C[C@H]1C(=O)O.COC(=O)[C@@H]1C[C@@H](Oc2cccc3ccccc23)CN1B(C)O.COC(=O)[C@@H]1C[C@H](O)CN1B(C)O. The number of carboxylic acids is 1. The summed E-state index contributed by atoms with van der Waals surface area (Å²) in [6.07, 6.45) is 4.75. The van der Waals surface area contributed by atoms with Gasteiger partial charge in [-0.2, -0.15) is 0 Å². The van der Waals surface area contributed by atoms with Crippen LogP contribution in [0.5, 0.6) is 23.0 Å². The molecule has 5 saturated heterocycles. The Morgan fingerprint density at radius 1 is 0.402 bits per heavy atom. The van der Waals surface area contributed by atoms with E-state index >= 15 is 0 Å². The Balaban J connectivity index is 0.000000153. The van der Waals surface area contributed by atoms with Crippen LogP contribution in [0.2, 0.25) is 34.1 Å². The second kappa shape index (κ2) is 41.7. The van der Waals surface area contributed by atoms with Crippen LogP contribution < -0.4 is 29.6 Å². The van der Waals surface area contributed by atoms with Crippen molar-refractivity contribution in [2.24, 2.45) is 11.8 Å². The highest BCUT2D eigenvalue weighted by Gasteiger charge is 2.63. The van der Waals surface area contributed by atoms with Crippen LogP contribution in [0.15, 0.2) is 195 Å². The van der Waals surface area contributed by atoms with Gasteiger partial charge in [-0.05, 0) is 113 Å². The van der Waals surface area contributed by atoms with Crippen LogP contribution in [0, 0.1) is 11.8 Å². The molecule has 15 rings (SSSR count). The Kier molecular flexibility index (Phi) is 31.6. The minimum atomic E-state index is -1.06. The highest BCUT2D eigenvalue weighted by molar-refractivity contribution is 6.47. The van der Waals surface area contributed by atoms with Crippen LogP contribution in [-0.2, 0) is 52.5 Å². The number of carbonyl (C=O) groups is 7. The first-order valence-corrected chi connectivity index (χ1v) is 41.6. The maximum absolute atomic E-state index is 13.2. The van der Waals surface area contributed by atoms with Gasteiger partial charge in [0.25, 0.3) is 0 Å². The van der Waals surface area contributed by atoms with Crippen molar-refractivity contribution in [3.8, 4) is 23.0 Å². The number of esters is 4. The quantitative estimate of drug-likeness (QED) is 0.0111. The minimum Gasteiger partial charge on any atom is -0.488 e.